The van der Waals surface area contributed by atoms with Crippen molar-refractivity contribution in [1.29, 1.82) is 0 Å². The van der Waals surface area contributed by atoms with Crippen LogP contribution in [0.1, 0.15) is 25.3 Å². The van der Waals surface area contributed by atoms with E-state index in [0.717, 1.165) is 23.0 Å². The maximum atomic E-state index is 5.78. The maximum absolute atomic E-state index is 5.78. The Morgan fingerprint density at radius 3 is 2.62 bits per heavy atom. The Kier molecular flexibility index (Phi) is 3.52. The van der Waals surface area contributed by atoms with Crippen molar-refractivity contribution < 1.29 is 4.74 Å². The van der Waals surface area contributed by atoms with Gasteiger partial charge in [-0.05, 0) is 41.8 Å². The number of aliphatic imine (C=N–C) groups is 1. The third-order valence-corrected chi connectivity index (χ3v) is 3.47. The molecule has 0 aliphatic carbocycles. The molecule has 3 rings (SSSR count). The Balaban J connectivity index is 1.79. The lowest BCUT2D eigenvalue weighted by Crippen LogP contribution is -2.23. The van der Waals surface area contributed by atoms with E-state index in [1.54, 1.807) is 0 Å². The molecule has 21 heavy (non-hydrogen) atoms. The van der Waals surface area contributed by atoms with Gasteiger partial charge in [-0.1, -0.05) is 26.0 Å². The molecule has 0 amide bonds. The van der Waals surface area contributed by atoms with Crippen molar-refractivity contribution in [1.82, 2.24) is 0 Å². The topological polar surface area (TPSA) is 59.6 Å². The van der Waals surface area contributed by atoms with Gasteiger partial charge in [0.2, 0.25) is 0 Å². The highest BCUT2D eigenvalue weighted by atomic mass is 16.5. The summed E-state index contributed by atoms with van der Waals surface area (Å²) in [7, 11) is 0. The van der Waals surface area contributed by atoms with Crippen LogP contribution in [0, 0.1) is 0 Å². The molecule has 4 nitrogen and oxygen atoms in total. The van der Waals surface area contributed by atoms with E-state index in [-0.39, 0.29) is 0 Å². The molecule has 0 radical (unpaired) electrons. The second kappa shape index (κ2) is 5.48. The fourth-order valence-corrected chi connectivity index (χ4v) is 2.25. The molecule has 108 valence electrons. The van der Waals surface area contributed by atoms with E-state index in [9.17, 15) is 0 Å². The first-order chi connectivity index (χ1) is 10.1. The Morgan fingerprint density at radius 2 is 1.90 bits per heavy atom. The van der Waals surface area contributed by atoms with E-state index < -0.39 is 0 Å². The van der Waals surface area contributed by atoms with Crippen LogP contribution in [0.4, 0.5) is 17.1 Å². The first kappa shape index (κ1) is 13.5. The molecular weight excluding hydrogens is 262 g/mol. The molecule has 2 aromatic carbocycles. The standard InChI is InChI=1S/C17H19N3O/c1-11(2)12-3-6-14(7-4-12)19-17-10-21-16-8-5-13(18)9-15(16)20-17/h3-9,11H,10,18H2,1-2H3,(H,19,20). The molecular formula is C17H19N3O. The zero-order valence-electron chi connectivity index (χ0n) is 12.3. The Bertz CT molecular complexity index is 675. The Hall–Kier alpha value is -2.49. The van der Waals surface area contributed by atoms with Crippen LogP contribution >= 0.6 is 0 Å². The summed E-state index contributed by atoms with van der Waals surface area (Å²) >= 11 is 0. The lowest BCUT2D eigenvalue weighted by molar-refractivity contribution is 0.372. The summed E-state index contributed by atoms with van der Waals surface area (Å²) in [5, 5.41) is 3.29. The summed E-state index contributed by atoms with van der Waals surface area (Å²) in [6.45, 7) is 4.80. The third kappa shape index (κ3) is 2.99. The molecule has 1 heterocycles. The summed E-state index contributed by atoms with van der Waals surface area (Å²) in [5.41, 5.74) is 9.56. The van der Waals surface area contributed by atoms with Crippen LogP contribution < -0.4 is 15.8 Å². The first-order valence-electron chi connectivity index (χ1n) is 7.09. The molecule has 1 aliphatic rings. The van der Waals surface area contributed by atoms with Gasteiger partial charge in [0.1, 0.15) is 23.9 Å². The second-order valence-electron chi connectivity index (χ2n) is 5.48. The van der Waals surface area contributed by atoms with Crippen LogP contribution in [0.15, 0.2) is 47.5 Å². The number of fused-ring (bicyclic) bond motifs is 1. The summed E-state index contributed by atoms with van der Waals surface area (Å²) in [5.74, 6) is 2.08. The van der Waals surface area contributed by atoms with Crippen molar-refractivity contribution in [3.05, 3.63) is 48.0 Å². The normalized spacial score (nSPS) is 13.4. The number of hydrogen-bond donors (Lipinski definition) is 2. The van der Waals surface area contributed by atoms with Gasteiger partial charge in [0.05, 0.1) is 0 Å². The molecule has 0 bridgehead atoms. The van der Waals surface area contributed by atoms with Crippen molar-refractivity contribution in [3.63, 3.8) is 0 Å². The van der Waals surface area contributed by atoms with Gasteiger partial charge < -0.3 is 15.8 Å². The molecule has 0 saturated carbocycles. The largest absolute Gasteiger partial charge is 0.483 e. The molecule has 2 aromatic rings. The maximum Gasteiger partial charge on any atom is 0.146 e. The van der Waals surface area contributed by atoms with Gasteiger partial charge in [-0.2, -0.15) is 0 Å². The summed E-state index contributed by atoms with van der Waals surface area (Å²) in [4.78, 5) is 4.56. The average molecular weight is 281 g/mol. The molecule has 0 unspecified atom stereocenters. The van der Waals surface area contributed by atoms with Crippen LogP contribution in [0.2, 0.25) is 0 Å². The SMILES string of the molecule is CC(C)c1ccc(NC2=Nc3cc(N)ccc3OC2)cc1. The van der Waals surface area contributed by atoms with Gasteiger partial charge in [-0.3, -0.25) is 0 Å². The summed E-state index contributed by atoms with van der Waals surface area (Å²) in [6.07, 6.45) is 0. The Labute approximate surface area is 124 Å². The number of nitrogens with zero attached hydrogens (tertiary/aromatic N) is 1. The monoisotopic (exact) mass is 281 g/mol. The molecule has 0 saturated heterocycles. The number of benzene rings is 2. The van der Waals surface area contributed by atoms with Gasteiger partial charge >= 0.3 is 0 Å². The summed E-state index contributed by atoms with van der Waals surface area (Å²) < 4.78 is 5.68. The minimum Gasteiger partial charge on any atom is -0.483 e. The van der Waals surface area contributed by atoms with E-state index in [2.05, 4.69) is 48.4 Å². The van der Waals surface area contributed by atoms with Gasteiger partial charge in [-0.15, -0.1) is 0 Å². The van der Waals surface area contributed by atoms with E-state index in [1.807, 2.05) is 18.2 Å². The number of hydrogen-bond acceptors (Lipinski definition) is 4. The lowest BCUT2D eigenvalue weighted by Gasteiger charge is -2.18. The van der Waals surface area contributed by atoms with E-state index >= 15 is 0 Å². The van der Waals surface area contributed by atoms with Gasteiger partial charge in [0.15, 0.2) is 0 Å². The number of nitrogens with two attached hydrogens (primary N) is 1. The predicted molar refractivity (Wildman–Crippen MR) is 87.6 cm³/mol. The highest BCUT2D eigenvalue weighted by Gasteiger charge is 2.13. The number of ether oxygens (including phenoxy) is 1. The highest BCUT2D eigenvalue weighted by Crippen LogP contribution is 2.32. The van der Waals surface area contributed by atoms with Crippen LogP contribution in [0.25, 0.3) is 0 Å². The number of amidine groups is 1. The van der Waals surface area contributed by atoms with Crippen LogP contribution in [0.5, 0.6) is 5.75 Å². The highest BCUT2D eigenvalue weighted by molar-refractivity contribution is 5.99. The van der Waals surface area contributed by atoms with Crippen molar-refractivity contribution in [2.45, 2.75) is 19.8 Å². The van der Waals surface area contributed by atoms with Crippen molar-refractivity contribution in [3.8, 4) is 5.75 Å². The van der Waals surface area contributed by atoms with Crippen LogP contribution in [0.3, 0.4) is 0 Å². The van der Waals surface area contributed by atoms with Gasteiger partial charge in [-0.25, -0.2) is 4.99 Å². The molecule has 3 N–H and O–H groups in total. The van der Waals surface area contributed by atoms with Crippen molar-refractivity contribution >= 4 is 22.9 Å². The third-order valence-electron chi connectivity index (χ3n) is 3.47. The van der Waals surface area contributed by atoms with Crippen LogP contribution in [-0.4, -0.2) is 12.4 Å². The fraction of sp³-hybridized carbons (Fsp3) is 0.235. The molecule has 1 aliphatic heterocycles. The quantitative estimate of drug-likeness (QED) is 0.820. The average Bonchev–Trinajstić information content (AvgIpc) is 2.47. The number of nitrogen functional groups attached to an aromatic ring is 1. The first-order valence-corrected chi connectivity index (χ1v) is 7.09. The number of nitrogens with one attached hydrogen (secondary N) is 1. The lowest BCUT2D eigenvalue weighted by atomic mass is 10.0. The molecule has 4 heteroatoms. The molecule has 0 spiro atoms. The fourth-order valence-electron chi connectivity index (χ4n) is 2.25. The molecule has 0 aromatic heterocycles. The van der Waals surface area contributed by atoms with Crippen molar-refractivity contribution in [2.24, 2.45) is 4.99 Å². The zero-order chi connectivity index (χ0) is 14.8. The van der Waals surface area contributed by atoms with Crippen LogP contribution in [-0.2, 0) is 0 Å². The van der Waals surface area contributed by atoms with Gasteiger partial charge in [0.25, 0.3) is 0 Å². The smallest absolute Gasteiger partial charge is 0.146 e. The minimum atomic E-state index is 0.433. The second-order valence-corrected chi connectivity index (χ2v) is 5.48. The molecule has 0 fully saturated rings. The van der Waals surface area contributed by atoms with E-state index in [1.165, 1.54) is 5.56 Å². The van der Waals surface area contributed by atoms with E-state index in [4.69, 9.17) is 10.5 Å². The molecule has 0 atom stereocenters. The van der Waals surface area contributed by atoms with Crippen molar-refractivity contribution in [2.75, 3.05) is 17.7 Å². The summed E-state index contributed by atoms with van der Waals surface area (Å²) in [6, 6.07) is 13.9. The van der Waals surface area contributed by atoms with E-state index in [0.29, 0.717) is 18.2 Å². The number of anilines is 2. The number of rotatable bonds is 2. The minimum absolute atomic E-state index is 0.433. The predicted octanol–water partition coefficient (Wildman–Crippen LogP) is 3.93. The Morgan fingerprint density at radius 1 is 1.14 bits per heavy atom. The zero-order valence-corrected chi connectivity index (χ0v) is 12.3. The van der Waals surface area contributed by atoms with Gasteiger partial charge in [0, 0.05) is 11.4 Å².